The third-order valence-electron chi connectivity index (χ3n) is 4.21. The minimum absolute atomic E-state index is 0.0534. The molecule has 0 saturated carbocycles. The summed E-state index contributed by atoms with van der Waals surface area (Å²) in [7, 11) is -0.792. The molecular weight excluding hydrogens is 412 g/mol. The zero-order valence-electron chi connectivity index (χ0n) is 16.0. The molecule has 0 aliphatic rings. The lowest BCUT2D eigenvalue weighted by Crippen LogP contribution is -2.31. The number of aromatic nitrogens is 2. The highest BCUT2D eigenvalue weighted by atomic mass is 32.2. The van der Waals surface area contributed by atoms with Crippen LogP contribution in [0.3, 0.4) is 0 Å². The molecule has 11 heteroatoms. The SMILES string of the molecule is CNS(=O)(=O)c1ccc(N=Cc2c(O)n(-c3ccc(OC)cc3)c(=O)[nH]c2=O)cc1. The van der Waals surface area contributed by atoms with E-state index in [1.165, 1.54) is 38.4 Å². The van der Waals surface area contributed by atoms with Crippen molar-refractivity contribution in [3.63, 3.8) is 0 Å². The van der Waals surface area contributed by atoms with Crippen molar-refractivity contribution in [3.8, 4) is 17.3 Å². The molecule has 1 aromatic heterocycles. The number of benzene rings is 2. The van der Waals surface area contributed by atoms with Crippen molar-refractivity contribution >= 4 is 21.9 Å². The minimum atomic E-state index is -3.59. The molecule has 0 atom stereocenters. The Morgan fingerprint density at radius 2 is 1.73 bits per heavy atom. The van der Waals surface area contributed by atoms with Gasteiger partial charge in [-0.05, 0) is 55.6 Å². The van der Waals surface area contributed by atoms with Crippen LogP contribution in [0.25, 0.3) is 5.69 Å². The summed E-state index contributed by atoms with van der Waals surface area (Å²) in [6.07, 6.45) is 1.09. The van der Waals surface area contributed by atoms with Crippen molar-refractivity contribution in [2.24, 2.45) is 4.99 Å². The number of aromatic hydroxyl groups is 1. The second-order valence-corrected chi connectivity index (χ2v) is 7.88. The molecule has 0 aliphatic carbocycles. The molecule has 2 aromatic carbocycles. The fraction of sp³-hybridized carbons (Fsp3) is 0.105. The van der Waals surface area contributed by atoms with Crippen molar-refractivity contribution < 1.29 is 18.3 Å². The lowest BCUT2D eigenvalue weighted by atomic mass is 10.2. The Bertz CT molecular complexity index is 1310. The smallest absolute Gasteiger partial charge is 0.335 e. The van der Waals surface area contributed by atoms with Crippen LogP contribution in [0.5, 0.6) is 11.6 Å². The summed E-state index contributed by atoms with van der Waals surface area (Å²) >= 11 is 0. The number of methoxy groups -OCH3 is 1. The summed E-state index contributed by atoms with van der Waals surface area (Å²) < 4.78 is 31.7. The zero-order chi connectivity index (χ0) is 21.9. The van der Waals surface area contributed by atoms with E-state index in [0.29, 0.717) is 17.1 Å². The van der Waals surface area contributed by atoms with Crippen LogP contribution in [-0.4, -0.2) is 43.4 Å². The van der Waals surface area contributed by atoms with Gasteiger partial charge in [0, 0.05) is 6.21 Å². The summed E-state index contributed by atoms with van der Waals surface area (Å²) in [6, 6.07) is 11.8. The van der Waals surface area contributed by atoms with Gasteiger partial charge in [0.1, 0.15) is 11.3 Å². The largest absolute Gasteiger partial charge is 0.497 e. The fourth-order valence-electron chi connectivity index (χ4n) is 2.59. The first kappa shape index (κ1) is 21.0. The summed E-state index contributed by atoms with van der Waals surface area (Å²) in [5.41, 5.74) is -1.23. The molecule has 0 unspecified atom stereocenters. The van der Waals surface area contributed by atoms with Crippen LogP contribution < -0.4 is 20.7 Å². The lowest BCUT2D eigenvalue weighted by Gasteiger charge is -2.10. The molecule has 0 amide bonds. The van der Waals surface area contributed by atoms with Crippen LogP contribution in [0.4, 0.5) is 5.69 Å². The topological polar surface area (TPSA) is 143 Å². The predicted molar refractivity (Wildman–Crippen MR) is 111 cm³/mol. The molecule has 0 fully saturated rings. The summed E-state index contributed by atoms with van der Waals surface area (Å²) in [5.74, 6) is -0.0340. The van der Waals surface area contributed by atoms with Gasteiger partial charge in [-0.15, -0.1) is 0 Å². The first-order chi connectivity index (χ1) is 14.3. The monoisotopic (exact) mass is 430 g/mol. The van der Waals surface area contributed by atoms with Crippen LogP contribution in [0.2, 0.25) is 0 Å². The van der Waals surface area contributed by atoms with Crippen LogP contribution in [0.15, 0.2) is 68.0 Å². The number of nitrogens with one attached hydrogen (secondary N) is 2. The normalized spacial score (nSPS) is 11.7. The van der Waals surface area contributed by atoms with Gasteiger partial charge in [0.15, 0.2) is 0 Å². The molecule has 0 saturated heterocycles. The summed E-state index contributed by atoms with van der Waals surface area (Å²) in [6.45, 7) is 0. The van der Waals surface area contributed by atoms with Gasteiger partial charge < -0.3 is 9.84 Å². The molecule has 0 aliphatic heterocycles. The third-order valence-corrected chi connectivity index (χ3v) is 5.64. The first-order valence-electron chi connectivity index (χ1n) is 8.57. The van der Waals surface area contributed by atoms with Crippen molar-refractivity contribution in [2.75, 3.05) is 14.2 Å². The summed E-state index contributed by atoms with van der Waals surface area (Å²) in [4.78, 5) is 30.6. The van der Waals surface area contributed by atoms with Gasteiger partial charge in [-0.1, -0.05) is 0 Å². The second kappa shape index (κ2) is 8.35. The van der Waals surface area contributed by atoms with E-state index in [4.69, 9.17) is 4.74 Å². The van der Waals surface area contributed by atoms with E-state index in [1.807, 2.05) is 0 Å². The Labute approximate surface area is 171 Å². The third kappa shape index (κ3) is 4.16. The van der Waals surface area contributed by atoms with Crippen LogP contribution in [0, 0.1) is 0 Å². The Morgan fingerprint density at radius 1 is 1.10 bits per heavy atom. The quantitative estimate of drug-likeness (QED) is 0.496. The van der Waals surface area contributed by atoms with Crippen molar-refractivity contribution in [1.29, 1.82) is 0 Å². The Kier molecular flexibility index (Phi) is 5.85. The lowest BCUT2D eigenvalue weighted by molar-refractivity contribution is 0.414. The van der Waals surface area contributed by atoms with E-state index in [0.717, 1.165) is 10.8 Å². The Morgan fingerprint density at radius 3 is 2.30 bits per heavy atom. The van der Waals surface area contributed by atoms with Gasteiger partial charge >= 0.3 is 5.69 Å². The second-order valence-electron chi connectivity index (χ2n) is 5.99. The summed E-state index contributed by atoms with van der Waals surface area (Å²) in [5, 5.41) is 10.5. The van der Waals surface area contributed by atoms with E-state index in [9.17, 15) is 23.1 Å². The van der Waals surface area contributed by atoms with Crippen LogP contribution in [-0.2, 0) is 10.0 Å². The van der Waals surface area contributed by atoms with Crippen LogP contribution in [0.1, 0.15) is 5.56 Å². The van der Waals surface area contributed by atoms with Gasteiger partial charge in [-0.3, -0.25) is 14.8 Å². The number of sulfonamides is 1. The highest BCUT2D eigenvalue weighted by molar-refractivity contribution is 7.89. The molecule has 0 bridgehead atoms. The fourth-order valence-corrected chi connectivity index (χ4v) is 3.32. The number of hydrogen-bond donors (Lipinski definition) is 3. The molecule has 3 rings (SSSR count). The van der Waals surface area contributed by atoms with E-state index in [1.54, 1.807) is 24.3 Å². The molecule has 0 spiro atoms. The maximum Gasteiger partial charge on any atom is 0.335 e. The molecular formula is C19H18N4O6S. The maximum absolute atomic E-state index is 12.2. The van der Waals surface area contributed by atoms with Crippen molar-refractivity contribution in [1.82, 2.24) is 14.3 Å². The van der Waals surface area contributed by atoms with Gasteiger partial charge in [-0.25, -0.2) is 22.5 Å². The average molecular weight is 430 g/mol. The molecule has 10 nitrogen and oxygen atoms in total. The highest BCUT2D eigenvalue weighted by Gasteiger charge is 2.15. The average Bonchev–Trinajstić information content (AvgIpc) is 2.74. The van der Waals surface area contributed by atoms with Gasteiger partial charge in [0.05, 0.1) is 23.4 Å². The standard InChI is InChI=1S/C19H18N4O6S/c1-20-30(27,28)15-9-3-12(4-10-15)21-11-16-17(24)22-19(26)23(18(16)25)13-5-7-14(29-2)8-6-13/h3-11,20,25H,1-2H3,(H,22,24,26). The van der Waals surface area contributed by atoms with Crippen molar-refractivity contribution in [3.05, 3.63) is 74.9 Å². The molecule has 3 N–H and O–H groups in total. The number of hydrogen-bond acceptors (Lipinski definition) is 7. The Hall–Kier alpha value is -3.70. The number of ether oxygens (including phenoxy) is 1. The van der Waals surface area contributed by atoms with E-state index in [2.05, 4.69) is 14.7 Å². The maximum atomic E-state index is 12.2. The first-order valence-corrected chi connectivity index (χ1v) is 10.1. The number of aromatic amines is 1. The molecule has 3 aromatic rings. The molecule has 1 heterocycles. The molecule has 0 radical (unpaired) electrons. The number of aliphatic imine (C=N–C) groups is 1. The molecule has 30 heavy (non-hydrogen) atoms. The van der Waals surface area contributed by atoms with E-state index >= 15 is 0 Å². The van der Waals surface area contributed by atoms with Crippen LogP contribution >= 0.6 is 0 Å². The van der Waals surface area contributed by atoms with E-state index < -0.39 is 27.2 Å². The number of rotatable bonds is 6. The number of nitrogens with zero attached hydrogens (tertiary/aromatic N) is 2. The van der Waals surface area contributed by atoms with E-state index in [-0.39, 0.29) is 10.5 Å². The zero-order valence-corrected chi connectivity index (χ0v) is 16.8. The highest BCUT2D eigenvalue weighted by Crippen LogP contribution is 2.20. The van der Waals surface area contributed by atoms with Gasteiger partial charge in [0.2, 0.25) is 15.9 Å². The predicted octanol–water partition coefficient (Wildman–Crippen LogP) is 0.899. The Balaban J connectivity index is 2.00. The molecule has 156 valence electrons. The van der Waals surface area contributed by atoms with Gasteiger partial charge in [0.25, 0.3) is 5.56 Å². The van der Waals surface area contributed by atoms with Crippen molar-refractivity contribution in [2.45, 2.75) is 4.90 Å². The number of H-pyrrole nitrogens is 1. The minimum Gasteiger partial charge on any atom is -0.497 e. The van der Waals surface area contributed by atoms with Gasteiger partial charge in [-0.2, -0.15) is 0 Å².